The zero-order valence-corrected chi connectivity index (χ0v) is 12.4. The molecule has 0 spiro atoms. The van der Waals surface area contributed by atoms with Gasteiger partial charge in [-0.3, -0.25) is 4.57 Å². The molecule has 1 heterocycles. The van der Waals surface area contributed by atoms with Crippen LogP contribution in [-0.2, 0) is 0 Å². The van der Waals surface area contributed by atoms with Gasteiger partial charge in [-0.2, -0.15) is 5.26 Å². The molecule has 0 saturated carbocycles. The average Bonchev–Trinajstić information content (AvgIpc) is 2.75. The van der Waals surface area contributed by atoms with Gasteiger partial charge in [0.2, 0.25) is 0 Å². The largest absolute Gasteiger partial charge is 0.330 e. The summed E-state index contributed by atoms with van der Waals surface area (Å²) in [6.45, 7) is 0. The lowest BCUT2D eigenvalue weighted by molar-refractivity contribution is 1.06. The van der Waals surface area contributed by atoms with Gasteiger partial charge in [-0.05, 0) is 48.6 Å². The molecule has 2 aromatic carbocycles. The fraction of sp³-hybridized carbons (Fsp3) is 0. The van der Waals surface area contributed by atoms with Gasteiger partial charge in [0.25, 0.3) is 0 Å². The molecule has 0 radical (unpaired) electrons. The Kier molecular flexibility index (Phi) is 3.27. The second-order valence-corrected chi connectivity index (χ2v) is 5.41. The fourth-order valence-electron chi connectivity index (χ4n) is 2.04. The molecule has 0 unspecified atom stereocenters. The Balaban J connectivity index is 2.30. The van der Waals surface area contributed by atoms with Gasteiger partial charge in [-0.25, -0.2) is 0 Å². The van der Waals surface area contributed by atoms with E-state index in [-0.39, 0.29) is 0 Å². The molecule has 20 heavy (non-hydrogen) atoms. The lowest BCUT2D eigenvalue weighted by Gasteiger charge is -2.05. The molecule has 0 aliphatic heterocycles. The number of nitriles is 1. The minimum absolute atomic E-state index is 0.468. The second kappa shape index (κ2) is 4.95. The molecular formula is C14H7Cl2N3S. The van der Waals surface area contributed by atoms with E-state index in [9.17, 15) is 0 Å². The average molecular weight is 320 g/mol. The van der Waals surface area contributed by atoms with Gasteiger partial charge in [0.15, 0.2) is 4.77 Å². The highest BCUT2D eigenvalue weighted by atomic mass is 35.5. The number of H-pyrrole nitrogens is 1. The minimum Gasteiger partial charge on any atom is -0.330 e. The van der Waals surface area contributed by atoms with Crippen molar-refractivity contribution in [1.29, 1.82) is 5.26 Å². The van der Waals surface area contributed by atoms with E-state index in [4.69, 9.17) is 40.7 Å². The van der Waals surface area contributed by atoms with Crippen LogP contribution in [0, 0.1) is 16.1 Å². The van der Waals surface area contributed by atoms with Crippen molar-refractivity contribution in [3.63, 3.8) is 0 Å². The first kappa shape index (κ1) is 13.2. The summed E-state index contributed by atoms with van der Waals surface area (Å²) in [4.78, 5) is 3.09. The van der Waals surface area contributed by atoms with E-state index in [1.165, 1.54) is 0 Å². The van der Waals surface area contributed by atoms with Gasteiger partial charge >= 0.3 is 0 Å². The van der Waals surface area contributed by atoms with Gasteiger partial charge in [0.05, 0.1) is 32.7 Å². The summed E-state index contributed by atoms with van der Waals surface area (Å²) < 4.78 is 2.40. The number of aromatic nitrogens is 2. The Labute approximate surface area is 130 Å². The van der Waals surface area contributed by atoms with E-state index >= 15 is 0 Å². The number of nitrogens with zero attached hydrogens (tertiary/aromatic N) is 2. The van der Waals surface area contributed by atoms with E-state index in [2.05, 4.69) is 11.1 Å². The molecule has 0 amide bonds. The first-order valence-electron chi connectivity index (χ1n) is 5.70. The van der Waals surface area contributed by atoms with Crippen molar-refractivity contribution in [3.05, 3.63) is 56.8 Å². The maximum Gasteiger partial charge on any atom is 0.182 e. The molecule has 0 atom stereocenters. The molecule has 3 nitrogen and oxygen atoms in total. The standard InChI is InChI=1S/C14H7Cl2N3S/c15-10-5-12-13(6-11(10)16)19(14(20)18-12)9-3-1-8(7-17)2-4-9/h1-6H,(H,18,20). The summed E-state index contributed by atoms with van der Waals surface area (Å²) in [6, 6.07) is 12.8. The maximum atomic E-state index is 8.84. The van der Waals surface area contributed by atoms with Crippen LogP contribution in [-0.4, -0.2) is 9.55 Å². The normalized spacial score (nSPS) is 10.7. The third-order valence-electron chi connectivity index (χ3n) is 2.98. The quantitative estimate of drug-likeness (QED) is 0.650. The van der Waals surface area contributed by atoms with E-state index in [0.29, 0.717) is 20.4 Å². The van der Waals surface area contributed by atoms with Crippen LogP contribution >= 0.6 is 35.4 Å². The first-order valence-corrected chi connectivity index (χ1v) is 6.87. The summed E-state index contributed by atoms with van der Waals surface area (Å²) in [7, 11) is 0. The highest BCUT2D eigenvalue weighted by Gasteiger charge is 2.09. The van der Waals surface area contributed by atoms with Crippen LogP contribution in [0.3, 0.4) is 0 Å². The number of hydrogen-bond acceptors (Lipinski definition) is 2. The van der Waals surface area contributed by atoms with Crippen molar-refractivity contribution >= 4 is 46.5 Å². The smallest absolute Gasteiger partial charge is 0.182 e. The number of halogens is 2. The predicted octanol–water partition coefficient (Wildman–Crippen LogP) is 4.87. The van der Waals surface area contributed by atoms with E-state index in [1.807, 2.05) is 16.7 Å². The number of aromatic amines is 1. The van der Waals surface area contributed by atoms with Crippen LogP contribution in [0.1, 0.15) is 5.56 Å². The zero-order valence-electron chi connectivity index (χ0n) is 10.0. The molecule has 0 fully saturated rings. The van der Waals surface area contributed by atoms with Gasteiger partial charge < -0.3 is 4.98 Å². The summed E-state index contributed by atoms with van der Waals surface area (Å²) in [6.07, 6.45) is 0. The molecule has 0 aliphatic rings. The number of rotatable bonds is 1. The summed E-state index contributed by atoms with van der Waals surface area (Å²) in [5, 5.41) is 9.78. The molecule has 0 bridgehead atoms. The van der Waals surface area contributed by atoms with E-state index < -0.39 is 0 Å². The number of fused-ring (bicyclic) bond motifs is 1. The zero-order chi connectivity index (χ0) is 14.3. The Hall–Kier alpha value is -1.80. The van der Waals surface area contributed by atoms with Crippen LogP contribution in [0.15, 0.2) is 36.4 Å². The van der Waals surface area contributed by atoms with Gasteiger partial charge in [0, 0.05) is 5.69 Å². The van der Waals surface area contributed by atoms with Crippen LogP contribution in [0.25, 0.3) is 16.7 Å². The van der Waals surface area contributed by atoms with Crippen LogP contribution in [0.4, 0.5) is 0 Å². The fourth-order valence-corrected chi connectivity index (χ4v) is 2.68. The van der Waals surface area contributed by atoms with Crippen LogP contribution in [0.5, 0.6) is 0 Å². The molecular weight excluding hydrogens is 313 g/mol. The van der Waals surface area contributed by atoms with Crippen molar-refractivity contribution in [1.82, 2.24) is 9.55 Å². The number of imidazole rings is 1. The second-order valence-electron chi connectivity index (χ2n) is 4.21. The number of hydrogen-bond donors (Lipinski definition) is 1. The summed E-state index contributed by atoms with van der Waals surface area (Å²) >= 11 is 17.4. The molecule has 3 rings (SSSR count). The van der Waals surface area contributed by atoms with Crippen molar-refractivity contribution in [2.75, 3.05) is 0 Å². The number of benzene rings is 2. The van der Waals surface area contributed by atoms with Crippen molar-refractivity contribution < 1.29 is 0 Å². The van der Waals surface area contributed by atoms with Crippen molar-refractivity contribution in [2.45, 2.75) is 0 Å². The van der Waals surface area contributed by atoms with Crippen molar-refractivity contribution in [2.24, 2.45) is 0 Å². The summed E-state index contributed by atoms with van der Waals surface area (Å²) in [5.41, 5.74) is 3.11. The Bertz CT molecular complexity index is 901. The Morgan fingerprint density at radius 1 is 1.10 bits per heavy atom. The highest BCUT2D eigenvalue weighted by molar-refractivity contribution is 7.71. The third kappa shape index (κ3) is 2.10. The molecule has 98 valence electrons. The molecule has 0 aliphatic carbocycles. The van der Waals surface area contributed by atoms with E-state index in [0.717, 1.165) is 16.7 Å². The molecule has 6 heteroatoms. The lowest BCUT2D eigenvalue weighted by atomic mass is 10.2. The summed E-state index contributed by atoms with van der Waals surface area (Å²) in [5.74, 6) is 0. The third-order valence-corrected chi connectivity index (χ3v) is 3.99. The first-order chi connectivity index (χ1) is 9.60. The van der Waals surface area contributed by atoms with Gasteiger partial charge in [-0.15, -0.1) is 0 Å². The van der Waals surface area contributed by atoms with Gasteiger partial charge in [-0.1, -0.05) is 23.2 Å². The molecule has 3 aromatic rings. The van der Waals surface area contributed by atoms with Crippen molar-refractivity contribution in [3.8, 4) is 11.8 Å². The monoisotopic (exact) mass is 319 g/mol. The Morgan fingerprint density at radius 3 is 2.40 bits per heavy atom. The molecule has 1 N–H and O–H groups in total. The van der Waals surface area contributed by atoms with Crippen LogP contribution < -0.4 is 0 Å². The SMILES string of the molecule is N#Cc1ccc(-n2c(=S)[nH]c3cc(Cl)c(Cl)cc32)cc1. The Morgan fingerprint density at radius 2 is 1.75 bits per heavy atom. The van der Waals surface area contributed by atoms with E-state index in [1.54, 1.807) is 24.3 Å². The maximum absolute atomic E-state index is 8.84. The lowest BCUT2D eigenvalue weighted by Crippen LogP contribution is -1.93. The highest BCUT2D eigenvalue weighted by Crippen LogP contribution is 2.29. The minimum atomic E-state index is 0.468. The topological polar surface area (TPSA) is 44.5 Å². The van der Waals surface area contributed by atoms with Gasteiger partial charge in [0.1, 0.15) is 0 Å². The predicted molar refractivity (Wildman–Crippen MR) is 83.2 cm³/mol. The number of nitrogens with one attached hydrogen (secondary N) is 1. The van der Waals surface area contributed by atoms with Crippen LogP contribution in [0.2, 0.25) is 10.0 Å². The molecule has 0 saturated heterocycles. The molecule has 1 aromatic heterocycles.